The van der Waals surface area contributed by atoms with Gasteiger partial charge in [0.15, 0.2) is 6.29 Å². The maximum absolute atomic E-state index is 5.49. The van der Waals surface area contributed by atoms with Crippen molar-refractivity contribution in [2.45, 2.75) is 33.3 Å². The van der Waals surface area contributed by atoms with Crippen LogP contribution in [0.5, 0.6) is 0 Å². The summed E-state index contributed by atoms with van der Waals surface area (Å²) in [7, 11) is 1.71. The average molecular weight is 267 g/mol. The largest absolute Gasteiger partial charge is 0.380 e. The number of methoxy groups -OCH3 is 1. The van der Waals surface area contributed by atoms with Gasteiger partial charge in [-0.15, -0.1) is 0 Å². The predicted octanol–water partition coefficient (Wildman–Crippen LogP) is 2.32. The molecule has 0 aromatic heterocycles. The summed E-state index contributed by atoms with van der Waals surface area (Å²) in [6.07, 6.45) is -0.176. The van der Waals surface area contributed by atoms with Gasteiger partial charge >= 0.3 is 0 Å². The van der Waals surface area contributed by atoms with Crippen LogP contribution in [0.2, 0.25) is 0 Å². The first kappa shape index (κ1) is 16.1. The molecule has 1 aromatic carbocycles. The molecule has 19 heavy (non-hydrogen) atoms. The lowest BCUT2D eigenvalue weighted by Gasteiger charge is -2.18. The number of rotatable bonds is 10. The predicted molar refractivity (Wildman–Crippen MR) is 75.9 cm³/mol. The lowest BCUT2D eigenvalue weighted by Crippen LogP contribution is -2.31. The quantitative estimate of drug-likeness (QED) is 0.660. The van der Waals surface area contributed by atoms with Crippen LogP contribution in [-0.4, -0.2) is 33.2 Å². The molecule has 0 atom stereocenters. The van der Waals surface area contributed by atoms with E-state index in [1.54, 1.807) is 7.11 Å². The Morgan fingerprint density at radius 3 is 2.26 bits per heavy atom. The van der Waals surface area contributed by atoms with Gasteiger partial charge < -0.3 is 19.5 Å². The van der Waals surface area contributed by atoms with Crippen LogP contribution in [0.25, 0.3) is 0 Å². The number of nitrogens with one attached hydrogen (secondary N) is 1. The molecule has 1 N–H and O–H groups in total. The van der Waals surface area contributed by atoms with Gasteiger partial charge in [0.1, 0.15) is 0 Å². The highest BCUT2D eigenvalue weighted by Crippen LogP contribution is 2.09. The van der Waals surface area contributed by atoms with Crippen molar-refractivity contribution < 1.29 is 14.2 Å². The van der Waals surface area contributed by atoms with Crippen LogP contribution in [-0.2, 0) is 27.4 Å². The van der Waals surface area contributed by atoms with Gasteiger partial charge in [-0.2, -0.15) is 0 Å². The highest BCUT2D eigenvalue weighted by Gasteiger charge is 2.07. The summed E-state index contributed by atoms with van der Waals surface area (Å²) in [5.41, 5.74) is 2.46. The van der Waals surface area contributed by atoms with Crippen molar-refractivity contribution in [2.24, 2.45) is 0 Å². The van der Waals surface area contributed by atoms with E-state index in [-0.39, 0.29) is 6.29 Å². The third-order valence-electron chi connectivity index (χ3n) is 2.75. The fourth-order valence-electron chi connectivity index (χ4n) is 1.89. The third-order valence-corrected chi connectivity index (χ3v) is 2.75. The van der Waals surface area contributed by atoms with E-state index in [4.69, 9.17) is 14.2 Å². The van der Waals surface area contributed by atoms with Gasteiger partial charge in [0.25, 0.3) is 0 Å². The molecule has 1 rings (SSSR count). The Hall–Kier alpha value is -0.940. The normalized spacial score (nSPS) is 11.2. The summed E-state index contributed by atoms with van der Waals surface area (Å²) in [5, 5.41) is 3.36. The molecule has 0 saturated carbocycles. The second-order valence-electron chi connectivity index (χ2n) is 4.17. The average Bonchev–Trinajstić information content (AvgIpc) is 2.41. The first-order valence-corrected chi connectivity index (χ1v) is 6.81. The highest BCUT2D eigenvalue weighted by molar-refractivity contribution is 5.26. The summed E-state index contributed by atoms with van der Waals surface area (Å²) in [6, 6.07) is 8.26. The first-order valence-electron chi connectivity index (χ1n) is 6.81. The zero-order valence-corrected chi connectivity index (χ0v) is 12.1. The van der Waals surface area contributed by atoms with E-state index in [1.165, 1.54) is 11.1 Å². The van der Waals surface area contributed by atoms with Crippen molar-refractivity contribution in [3.63, 3.8) is 0 Å². The van der Waals surface area contributed by atoms with Gasteiger partial charge in [-0.25, -0.2) is 0 Å². The summed E-state index contributed by atoms with van der Waals surface area (Å²) in [4.78, 5) is 0. The fourth-order valence-corrected chi connectivity index (χ4v) is 1.89. The molecule has 1 aromatic rings. The Kier molecular flexibility index (Phi) is 8.41. The minimum Gasteiger partial charge on any atom is -0.380 e. The summed E-state index contributed by atoms with van der Waals surface area (Å²) in [5.74, 6) is 0. The second-order valence-corrected chi connectivity index (χ2v) is 4.17. The minimum atomic E-state index is -0.176. The first-order chi connectivity index (χ1) is 9.31. The monoisotopic (exact) mass is 267 g/mol. The Balaban J connectivity index is 2.42. The molecule has 0 heterocycles. The third kappa shape index (κ3) is 6.16. The van der Waals surface area contributed by atoms with Crippen molar-refractivity contribution in [1.29, 1.82) is 0 Å². The molecule has 4 nitrogen and oxygen atoms in total. The molecule has 0 aliphatic heterocycles. The van der Waals surface area contributed by atoms with Crippen LogP contribution in [0.1, 0.15) is 25.0 Å². The standard InChI is InChI=1S/C15H25NO3/c1-4-18-15(19-5-2)11-16-10-13-8-6-7-9-14(13)12-17-3/h6-9,15-16H,4-5,10-12H2,1-3H3. The van der Waals surface area contributed by atoms with Crippen molar-refractivity contribution in [3.05, 3.63) is 35.4 Å². The number of benzene rings is 1. The van der Waals surface area contributed by atoms with E-state index in [1.807, 2.05) is 26.0 Å². The minimum absolute atomic E-state index is 0.176. The van der Waals surface area contributed by atoms with Crippen molar-refractivity contribution in [1.82, 2.24) is 5.32 Å². The maximum Gasteiger partial charge on any atom is 0.169 e. The van der Waals surface area contributed by atoms with Gasteiger partial charge in [-0.1, -0.05) is 24.3 Å². The van der Waals surface area contributed by atoms with Crippen LogP contribution >= 0.6 is 0 Å². The Morgan fingerprint density at radius 2 is 1.68 bits per heavy atom. The molecule has 0 amide bonds. The molecule has 0 saturated heterocycles. The van der Waals surface area contributed by atoms with E-state index < -0.39 is 0 Å². The van der Waals surface area contributed by atoms with E-state index in [0.717, 1.165) is 6.54 Å². The molecule has 0 radical (unpaired) electrons. The molecule has 0 spiro atoms. The molecular formula is C15H25NO3. The number of ether oxygens (including phenoxy) is 3. The fraction of sp³-hybridized carbons (Fsp3) is 0.600. The highest BCUT2D eigenvalue weighted by atomic mass is 16.7. The SMILES string of the molecule is CCOC(CNCc1ccccc1COC)OCC. The van der Waals surface area contributed by atoms with Gasteiger partial charge in [0.05, 0.1) is 6.61 Å². The van der Waals surface area contributed by atoms with Crippen molar-refractivity contribution >= 4 is 0 Å². The summed E-state index contributed by atoms with van der Waals surface area (Å²) >= 11 is 0. The molecule has 4 heteroatoms. The van der Waals surface area contributed by atoms with E-state index in [2.05, 4.69) is 17.4 Å². The van der Waals surface area contributed by atoms with E-state index in [0.29, 0.717) is 26.4 Å². The van der Waals surface area contributed by atoms with Crippen LogP contribution in [0, 0.1) is 0 Å². The molecule has 108 valence electrons. The van der Waals surface area contributed by atoms with E-state index in [9.17, 15) is 0 Å². The van der Waals surface area contributed by atoms with Gasteiger partial charge in [0, 0.05) is 33.4 Å². The molecule has 0 aliphatic carbocycles. The van der Waals surface area contributed by atoms with Gasteiger partial charge in [-0.05, 0) is 25.0 Å². The summed E-state index contributed by atoms with van der Waals surface area (Å²) < 4.78 is 16.2. The van der Waals surface area contributed by atoms with Crippen LogP contribution in [0.4, 0.5) is 0 Å². The summed E-state index contributed by atoms with van der Waals surface area (Å²) in [6.45, 7) is 7.37. The molecular weight excluding hydrogens is 242 g/mol. The zero-order chi connectivity index (χ0) is 13.9. The maximum atomic E-state index is 5.49. The second kappa shape index (κ2) is 9.92. The molecule has 0 unspecified atom stereocenters. The van der Waals surface area contributed by atoms with E-state index >= 15 is 0 Å². The smallest absolute Gasteiger partial charge is 0.169 e. The van der Waals surface area contributed by atoms with Gasteiger partial charge in [0.2, 0.25) is 0 Å². The molecule has 0 fully saturated rings. The number of hydrogen-bond acceptors (Lipinski definition) is 4. The van der Waals surface area contributed by atoms with Crippen LogP contribution in [0.3, 0.4) is 0 Å². The van der Waals surface area contributed by atoms with Crippen LogP contribution in [0.15, 0.2) is 24.3 Å². The Morgan fingerprint density at radius 1 is 1.05 bits per heavy atom. The van der Waals surface area contributed by atoms with Crippen molar-refractivity contribution in [2.75, 3.05) is 26.9 Å². The van der Waals surface area contributed by atoms with Crippen molar-refractivity contribution in [3.8, 4) is 0 Å². The molecule has 0 bridgehead atoms. The lowest BCUT2D eigenvalue weighted by atomic mass is 10.1. The zero-order valence-electron chi connectivity index (χ0n) is 12.1. The molecule has 0 aliphatic rings. The Labute approximate surface area is 116 Å². The lowest BCUT2D eigenvalue weighted by molar-refractivity contribution is -0.133. The van der Waals surface area contributed by atoms with Gasteiger partial charge in [-0.3, -0.25) is 0 Å². The number of hydrogen-bond donors (Lipinski definition) is 1. The topological polar surface area (TPSA) is 39.7 Å². The van der Waals surface area contributed by atoms with Crippen LogP contribution < -0.4 is 5.32 Å². The Bertz CT molecular complexity index is 338.